The molecule has 5 heterocycles. The summed E-state index contributed by atoms with van der Waals surface area (Å²) >= 11 is 0. The number of aromatic amines is 4. The number of H-pyrrole nitrogens is 4. The quantitative estimate of drug-likeness (QED) is 0.0321. The highest BCUT2D eigenvalue weighted by Gasteiger charge is 2.19. The molecule has 11 heteroatoms. The van der Waals surface area contributed by atoms with E-state index in [0.717, 1.165) is 101 Å². The summed E-state index contributed by atoms with van der Waals surface area (Å²) in [7, 11) is 0. The van der Waals surface area contributed by atoms with E-state index in [-0.39, 0.29) is 39.6 Å². The van der Waals surface area contributed by atoms with Gasteiger partial charge in [0.25, 0.3) is 0 Å². The fraction of sp³-hybridized carbons (Fsp3) is 0.267. The summed E-state index contributed by atoms with van der Waals surface area (Å²) in [5.74, 6) is 2.86. The van der Waals surface area contributed by atoms with Gasteiger partial charge < -0.3 is 54.2 Å². The Hall–Kier alpha value is -7.44. The molecule has 4 aromatic heterocycles. The Bertz CT molecular complexity index is 3210. The predicted octanol–water partition coefficient (Wildman–Crippen LogP) is 7.93. The smallest absolute Gasteiger partial charge is 0.119 e. The Balaban J connectivity index is 1.21. The normalized spacial score (nSPS) is 12.4. The lowest BCUT2D eigenvalue weighted by molar-refractivity contribution is 0.201. The standard InChI is InChI=1S/C60H64N4O7/c1-2-3-4-5-6-7-8-9-37-68-45-18-10-41(11-19-45)57-49-26-28-51(61-49)58(42-12-20-46(21-13-42)69-38-34-65)53-30-32-55(63-53)60(44-16-24-48(25-17-44)71-40-36-67)56-33-31-54(64-56)59(52-29-27-50(57)62-52)43-14-22-47(23-15-43)70-39-35-66/h10-33,61-67H,2-9,34-40H2,1H3. The van der Waals surface area contributed by atoms with Crippen LogP contribution in [0.25, 0.3) is 22.3 Å². The van der Waals surface area contributed by atoms with Gasteiger partial charge in [0, 0.05) is 66.5 Å². The van der Waals surface area contributed by atoms with Crippen molar-refractivity contribution in [2.75, 3.05) is 46.2 Å². The number of fused-ring (bicyclic) bond motifs is 8. The Morgan fingerprint density at radius 1 is 0.296 bits per heavy atom. The number of aromatic nitrogens is 4. The molecule has 0 aliphatic carbocycles. The molecule has 0 saturated heterocycles. The van der Waals surface area contributed by atoms with Gasteiger partial charge in [-0.3, -0.25) is 0 Å². The number of aliphatic hydroxyl groups excluding tert-OH is 3. The van der Waals surface area contributed by atoms with Gasteiger partial charge >= 0.3 is 0 Å². The Morgan fingerprint density at radius 3 is 0.845 bits per heavy atom. The minimum absolute atomic E-state index is 0.0701. The predicted molar refractivity (Wildman–Crippen MR) is 280 cm³/mol. The third kappa shape index (κ3) is 11.8. The number of nitrogens with one attached hydrogen (secondary N) is 4. The van der Waals surface area contributed by atoms with Crippen molar-refractivity contribution in [3.63, 3.8) is 0 Å². The van der Waals surface area contributed by atoms with E-state index in [1.165, 1.54) is 44.9 Å². The van der Waals surface area contributed by atoms with E-state index in [4.69, 9.17) is 18.9 Å². The Morgan fingerprint density at radius 2 is 0.563 bits per heavy atom. The molecule has 0 atom stereocenters. The molecule has 0 amide bonds. The Kier molecular flexibility index (Phi) is 16.4. The first kappa shape index (κ1) is 48.6. The number of hydrogen-bond donors (Lipinski definition) is 7. The van der Waals surface area contributed by atoms with Crippen molar-refractivity contribution in [2.24, 2.45) is 0 Å². The molecule has 4 aromatic carbocycles. The number of aliphatic hydroxyl groups is 3. The monoisotopic (exact) mass is 952 g/mol. The number of benzene rings is 4. The molecule has 366 valence electrons. The summed E-state index contributed by atoms with van der Waals surface area (Å²) < 4.78 is 23.6. The van der Waals surface area contributed by atoms with Crippen LogP contribution in [0.1, 0.15) is 103 Å². The van der Waals surface area contributed by atoms with Crippen LogP contribution in [0.3, 0.4) is 0 Å². The molecule has 11 nitrogen and oxygen atoms in total. The van der Waals surface area contributed by atoms with Gasteiger partial charge in [0.05, 0.1) is 26.4 Å². The zero-order chi connectivity index (χ0) is 48.8. The summed E-state index contributed by atoms with van der Waals surface area (Å²) in [4.78, 5) is 15.4. The van der Waals surface area contributed by atoms with Crippen molar-refractivity contribution in [3.05, 3.63) is 212 Å². The van der Waals surface area contributed by atoms with Gasteiger partial charge in [0.15, 0.2) is 0 Å². The highest BCUT2D eigenvalue weighted by Crippen LogP contribution is 2.30. The van der Waals surface area contributed by atoms with Crippen LogP contribution in [0.4, 0.5) is 0 Å². The molecule has 1 aliphatic heterocycles. The summed E-state index contributed by atoms with van der Waals surface area (Å²) in [6.07, 6.45) is 10.0. The third-order valence-corrected chi connectivity index (χ3v) is 12.8. The van der Waals surface area contributed by atoms with Crippen molar-refractivity contribution in [1.29, 1.82) is 0 Å². The molecule has 0 unspecified atom stereocenters. The van der Waals surface area contributed by atoms with Gasteiger partial charge in [0.2, 0.25) is 0 Å². The molecule has 71 heavy (non-hydrogen) atoms. The van der Waals surface area contributed by atoms with E-state index < -0.39 is 0 Å². The minimum atomic E-state index is -0.0733. The van der Waals surface area contributed by atoms with Gasteiger partial charge in [-0.1, -0.05) is 100 Å². The van der Waals surface area contributed by atoms with Crippen LogP contribution in [0.2, 0.25) is 0 Å². The van der Waals surface area contributed by atoms with Crippen LogP contribution in [0.5, 0.6) is 23.0 Å². The lowest BCUT2D eigenvalue weighted by atomic mass is 10.0. The average molecular weight is 953 g/mol. The van der Waals surface area contributed by atoms with E-state index in [1.54, 1.807) is 0 Å². The van der Waals surface area contributed by atoms with E-state index in [2.05, 4.69) is 99.7 Å². The number of rotatable bonds is 23. The molecule has 7 N–H and O–H groups in total. The second kappa shape index (κ2) is 23.9. The fourth-order valence-corrected chi connectivity index (χ4v) is 9.36. The molecule has 0 radical (unpaired) electrons. The first-order valence-corrected chi connectivity index (χ1v) is 25.1. The molecule has 8 bridgehead atoms. The van der Waals surface area contributed by atoms with Gasteiger partial charge in [0.1, 0.15) is 42.8 Å². The van der Waals surface area contributed by atoms with Gasteiger partial charge in [-0.15, -0.1) is 0 Å². The van der Waals surface area contributed by atoms with Gasteiger partial charge in [-0.2, -0.15) is 0 Å². The van der Waals surface area contributed by atoms with E-state index in [0.29, 0.717) is 23.9 Å². The average Bonchev–Trinajstić information content (AvgIpc) is 4.27. The topological polar surface area (TPSA) is 161 Å². The number of unbranched alkanes of at least 4 members (excludes halogenated alkanes) is 7. The van der Waals surface area contributed by atoms with Crippen molar-refractivity contribution >= 4 is 22.3 Å². The third-order valence-electron chi connectivity index (χ3n) is 12.8. The molecule has 0 spiro atoms. The minimum Gasteiger partial charge on any atom is -0.494 e. The molecular formula is C60H64N4O7. The molecule has 9 rings (SSSR count). The summed E-state index contributed by atoms with van der Waals surface area (Å²) in [5, 5.41) is 31.9. The first-order valence-electron chi connectivity index (χ1n) is 25.1. The maximum Gasteiger partial charge on any atom is 0.119 e. The fourth-order valence-electron chi connectivity index (χ4n) is 9.36. The van der Waals surface area contributed by atoms with Gasteiger partial charge in [-0.25, -0.2) is 0 Å². The number of hydrogen-bond acceptors (Lipinski definition) is 7. The van der Waals surface area contributed by atoms with E-state index >= 15 is 0 Å². The molecule has 0 fully saturated rings. The lowest BCUT2D eigenvalue weighted by Crippen LogP contribution is -2.19. The first-order chi connectivity index (χ1) is 35.0. The van der Waals surface area contributed by atoms with Crippen LogP contribution >= 0.6 is 0 Å². The maximum absolute atomic E-state index is 9.45. The summed E-state index contributed by atoms with van der Waals surface area (Å²) in [6, 6.07) is 49.3. The SMILES string of the molecule is CCCCCCCCCCOc1ccc(C2=c3ccc([nH]3)=C(c3ccc(OCCO)cc3)c3ccc([nH]3)C(c3ccc(OCCO)cc3)=c3ccc([nH]3)=C(c3ccc(OCCO)cc3)c3ccc2[nH]3)cc1. The molecule has 0 saturated carbocycles. The summed E-state index contributed by atoms with van der Waals surface area (Å²) in [5.41, 5.74) is 11.4. The summed E-state index contributed by atoms with van der Waals surface area (Å²) in [6.45, 7) is 3.36. The zero-order valence-corrected chi connectivity index (χ0v) is 40.4. The second-order valence-corrected chi connectivity index (χ2v) is 17.8. The van der Waals surface area contributed by atoms with Crippen LogP contribution in [0, 0.1) is 0 Å². The maximum atomic E-state index is 9.45. The molecular weight excluding hydrogens is 889 g/mol. The van der Waals surface area contributed by atoms with Crippen molar-refractivity contribution < 1.29 is 34.3 Å². The highest BCUT2D eigenvalue weighted by atomic mass is 16.5. The zero-order valence-electron chi connectivity index (χ0n) is 40.4. The second-order valence-electron chi connectivity index (χ2n) is 17.8. The molecule has 8 aromatic rings. The van der Waals surface area contributed by atoms with Crippen molar-refractivity contribution in [1.82, 2.24) is 19.9 Å². The number of ether oxygens (including phenoxy) is 4. The van der Waals surface area contributed by atoms with Crippen LogP contribution in [0.15, 0.2) is 146 Å². The molecule has 1 aliphatic rings. The van der Waals surface area contributed by atoms with Crippen LogP contribution < -0.4 is 40.3 Å². The van der Waals surface area contributed by atoms with Crippen LogP contribution in [-0.2, 0) is 0 Å². The lowest BCUT2D eigenvalue weighted by Gasteiger charge is -2.11. The van der Waals surface area contributed by atoms with Crippen LogP contribution in [-0.4, -0.2) is 81.5 Å². The Labute approximate surface area is 414 Å². The van der Waals surface area contributed by atoms with E-state index in [9.17, 15) is 15.3 Å². The highest BCUT2D eigenvalue weighted by molar-refractivity contribution is 5.85. The van der Waals surface area contributed by atoms with Crippen molar-refractivity contribution in [3.8, 4) is 23.0 Å². The largest absolute Gasteiger partial charge is 0.494 e. The van der Waals surface area contributed by atoms with Gasteiger partial charge in [-0.05, 0) is 126 Å². The van der Waals surface area contributed by atoms with E-state index in [1.807, 2.05) is 72.8 Å². The van der Waals surface area contributed by atoms with Crippen molar-refractivity contribution in [2.45, 2.75) is 58.3 Å².